The van der Waals surface area contributed by atoms with Crippen molar-refractivity contribution in [2.24, 2.45) is 0 Å². The second-order valence-electron chi connectivity index (χ2n) is 4.71. The normalized spacial score (nSPS) is 13.0. The average molecular weight is 263 g/mol. The number of ether oxygens (including phenoxy) is 1. The van der Waals surface area contributed by atoms with Crippen LogP contribution < -0.4 is 4.74 Å². The third-order valence-electron chi connectivity index (χ3n) is 3.52. The molecule has 0 saturated heterocycles. The molecule has 4 heteroatoms. The molecule has 1 aliphatic heterocycles. The van der Waals surface area contributed by atoms with Crippen LogP contribution in [0.5, 0.6) is 5.75 Å². The summed E-state index contributed by atoms with van der Waals surface area (Å²) in [7, 11) is 0. The van der Waals surface area contributed by atoms with Crippen molar-refractivity contribution in [1.29, 1.82) is 0 Å². The summed E-state index contributed by atoms with van der Waals surface area (Å²) in [6.07, 6.45) is 5.46. The summed E-state index contributed by atoms with van der Waals surface area (Å²) in [5.74, 6) is 1.75. The van der Waals surface area contributed by atoms with Gasteiger partial charge < -0.3 is 9.30 Å². The lowest BCUT2D eigenvalue weighted by atomic mass is 10.1. The van der Waals surface area contributed by atoms with E-state index in [1.54, 1.807) is 12.4 Å². The van der Waals surface area contributed by atoms with Crippen molar-refractivity contribution in [1.82, 2.24) is 14.5 Å². The van der Waals surface area contributed by atoms with Crippen LogP contribution >= 0.6 is 0 Å². The number of fused-ring (bicyclic) bond motifs is 3. The van der Waals surface area contributed by atoms with Gasteiger partial charge in [0.15, 0.2) is 0 Å². The molecule has 0 unspecified atom stereocenters. The van der Waals surface area contributed by atoms with Gasteiger partial charge in [-0.2, -0.15) is 0 Å². The van der Waals surface area contributed by atoms with Gasteiger partial charge in [0.25, 0.3) is 0 Å². The average Bonchev–Trinajstić information content (AvgIpc) is 2.84. The molecule has 1 aliphatic rings. The predicted molar refractivity (Wildman–Crippen MR) is 76.4 cm³/mol. The third kappa shape index (κ3) is 1.69. The number of hydrogen-bond donors (Lipinski definition) is 0. The first kappa shape index (κ1) is 11.2. The van der Waals surface area contributed by atoms with Gasteiger partial charge in [-0.3, -0.25) is 4.98 Å². The molecule has 0 aliphatic carbocycles. The number of rotatable bonds is 1. The molecule has 3 aromatic rings. The Labute approximate surface area is 116 Å². The fourth-order valence-electron chi connectivity index (χ4n) is 2.58. The minimum Gasteiger partial charge on any atom is -0.489 e. The van der Waals surface area contributed by atoms with Crippen LogP contribution in [0.4, 0.5) is 0 Å². The Kier molecular flexibility index (Phi) is 2.52. The highest BCUT2D eigenvalue weighted by molar-refractivity contribution is 5.69. The van der Waals surface area contributed by atoms with E-state index in [-0.39, 0.29) is 0 Å². The number of imidazole rings is 1. The molecule has 0 fully saturated rings. The number of pyridine rings is 1. The van der Waals surface area contributed by atoms with Gasteiger partial charge in [0, 0.05) is 6.20 Å². The molecule has 3 heterocycles. The van der Waals surface area contributed by atoms with Crippen LogP contribution in [-0.4, -0.2) is 21.1 Å². The topological polar surface area (TPSA) is 39.9 Å². The van der Waals surface area contributed by atoms with E-state index in [0.29, 0.717) is 6.61 Å². The molecular weight excluding hydrogens is 250 g/mol. The molecule has 0 atom stereocenters. The van der Waals surface area contributed by atoms with Gasteiger partial charge >= 0.3 is 0 Å². The van der Waals surface area contributed by atoms with Crippen LogP contribution in [-0.2, 0) is 6.54 Å². The summed E-state index contributed by atoms with van der Waals surface area (Å²) in [6, 6.07) is 12.3. The monoisotopic (exact) mass is 263 g/mol. The van der Waals surface area contributed by atoms with Gasteiger partial charge in [-0.25, -0.2) is 4.98 Å². The summed E-state index contributed by atoms with van der Waals surface area (Å²) >= 11 is 0. The van der Waals surface area contributed by atoms with Gasteiger partial charge in [-0.05, 0) is 11.6 Å². The SMILES string of the molecule is c1ccc(-c2cnc3n2CCOc2cnccc2-3)cc1. The van der Waals surface area contributed by atoms with Crippen molar-refractivity contribution < 1.29 is 4.74 Å². The Morgan fingerprint density at radius 3 is 2.85 bits per heavy atom. The van der Waals surface area contributed by atoms with Crippen molar-refractivity contribution in [3.8, 4) is 28.4 Å². The molecule has 0 spiro atoms. The maximum atomic E-state index is 5.76. The molecule has 4 nitrogen and oxygen atoms in total. The van der Waals surface area contributed by atoms with Crippen molar-refractivity contribution in [3.05, 3.63) is 55.0 Å². The maximum Gasteiger partial charge on any atom is 0.148 e. The molecule has 0 radical (unpaired) electrons. The third-order valence-corrected chi connectivity index (χ3v) is 3.52. The fraction of sp³-hybridized carbons (Fsp3) is 0.125. The van der Waals surface area contributed by atoms with E-state index in [1.165, 1.54) is 5.56 Å². The van der Waals surface area contributed by atoms with Crippen LogP contribution in [0.15, 0.2) is 55.0 Å². The minimum atomic E-state index is 0.627. The van der Waals surface area contributed by atoms with E-state index >= 15 is 0 Å². The molecule has 20 heavy (non-hydrogen) atoms. The van der Waals surface area contributed by atoms with E-state index in [2.05, 4.69) is 26.7 Å². The first-order valence-electron chi connectivity index (χ1n) is 6.61. The highest BCUT2D eigenvalue weighted by atomic mass is 16.5. The molecule has 0 saturated carbocycles. The molecule has 2 aromatic heterocycles. The number of hydrogen-bond acceptors (Lipinski definition) is 3. The van der Waals surface area contributed by atoms with Crippen LogP contribution in [0.25, 0.3) is 22.6 Å². The van der Waals surface area contributed by atoms with Gasteiger partial charge in [-0.15, -0.1) is 0 Å². The van der Waals surface area contributed by atoms with Crippen molar-refractivity contribution in [3.63, 3.8) is 0 Å². The summed E-state index contributed by atoms with van der Waals surface area (Å²) < 4.78 is 7.97. The maximum absolute atomic E-state index is 5.76. The summed E-state index contributed by atoms with van der Waals surface area (Å²) in [6.45, 7) is 1.41. The molecule has 0 N–H and O–H groups in total. The largest absolute Gasteiger partial charge is 0.489 e. The van der Waals surface area contributed by atoms with Crippen LogP contribution in [0.1, 0.15) is 0 Å². The van der Waals surface area contributed by atoms with Crippen molar-refractivity contribution in [2.75, 3.05) is 6.61 Å². The fourth-order valence-corrected chi connectivity index (χ4v) is 2.58. The number of nitrogens with zero attached hydrogens (tertiary/aromatic N) is 3. The molecule has 0 amide bonds. The summed E-state index contributed by atoms with van der Waals surface area (Å²) in [4.78, 5) is 8.71. The molecule has 1 aromatic carbocycles. The Bertz CT molecular complexity index is 749. The summed E-state index contributed by atoms with van der Waals surface area (Å²) in [5, 5.41) is 0. The van der Waals surface area contributed by atoms with Crippen molar-refractivity contribution >= 4 is 0 Å². The molecule has 0 bridgehead atoms. The zero-order valence-electron chi connectivity index (χ0n) is 10.9. The van der Waals surface area contributed by atoms with Gasteiger partial charge in [0.1, 0.15) is 18.2 Å². The molecule has 98 valence electrons. The van der Waals surface area contributed by atoms with Gasteiger partial charge in [0.05, 0.1) is 30.2 Å². The first-order valence-corrected chi connectivity index (χ1v) is 6.61. The highest BCUT2D eigenvalue weighted by Crippen LogP contribution is 2.33. The standard InChI is InChI=1S/C16H13N3O/c1-2-4-12(5-3-1)14-10-18-16-13-6-7-17-11-15(13)20-9-8-19(14)16/h1-7,10-11H,8-9H2. The lowest BCUT2D eigenvalue weighted by molar-refractivity contribution is 0.306. The second kappa shape index (κ2) is 4.49. The Morgan fingerprint density at radius 1 is 1.05 bits per heavy atom. The number of aromatic nitrogens is 3. The van der Waals surface area contributed by atoms with Crippen LogP contribution in [0.2, 0.25) is 0 Å². The lowest BCUT2D eigenvalue weighted by Crippen LogP contribution is -2.06. The zero-order chi connectivity index (χ0) is 13.4. The quantitative estimate of drug-likeness (QED) is 0.677. The number of benzene rings is 1. The lowest BCUT2D eigenvalue weighted by Gasteiger charge is -2.08. The zero-order valence-corrected chi connectivity index (χ0v) is 10.9. The van der Waals surface area contributed by atoms with Crippen LogP contribution in [0.3, 0.4) is 0 Å². The van der Waals surface area contributed by atoms with E-state index in [0.717, 1.165) is 29.4 Å². The van der Waals surface area contributed by atoms with Crippen molar-refractivity contribution in [2.45, 2.75) is 6.54 Å². The van der Waals surface area contributed by atoms with Gasteiger partial charge in [-0.1, -0.05) is 30.3 Å². The summed E-state index contributed by atoms with van der Waals surface area (Å²) in [5.41, 5.74) is 3.29. The Hall–Kier alpha value is -2.62. The van der Waals surface area contributed by atoms with Gasteiger partial charge in [0.2, 0.25) is 0 Å². The molecular formula is C16H13N3O. The second-order valence-corrected chi connectivity index (χ2v) is 4.71. The minimum absolute atomic E-state index is 0.627. The van der Waals surface area contributed by atoms with E-state index in [4.69, 9.17) is 4.74 Å². The van der Waals surface area contributed by atoms with Crippen LogP contribution in [0, 0.1) is 0 Å². The smallest absolute Gasteiger partial charge is 0.148 e. The highest BCUT2D eigenvalue weighted by Gasteiger charge is 2.19. The molecule has 4 rings (SSSR count). The Morgan fingerprint density at radius 2 is 1.95 bits per heavy atom. The predicted octanol–water partition coefficient (Wildman–Crippen LogP) is 3.00. The Balaban J connectivity index is 1.92. The van der Waals surface area contributed by atoms with E-state index in [1.807, 2.05) is 30.5 Å². The first-order chi connectivity index (χ1) is 9.93. The van der Waals surface area contributed by atoms with E-state index < -0.39 is 0 Å². The van der Waals surface area contributed by atoms with E-state index in [9.17, 15) is 0 Å².